The minimum atomic E-state index is -0.622. The largest absolute Gasteiger partial charge is 0.467 e. The van der Waals surface area contributed by atoms with Crippen LogP contribution in [0, 0.1) is 5.92 Å². The van der Waals surface area contributed by atoms with Gasteiger partial charge in [0.15, 0.2) is 5.12 Å². The molecule has 6 heteroatoms. The van der Waals surface area contributed by atoms with Crippen LogP contribution in [0.3, 0.4) is 0 Å². The van der Waals surface area contributed by atoms with E-state index >= 15 is 0 Å². The highest BCUT2D eigenvalue weighted by Gasteiger charge is 2.27. The van der Waals surface area contributed by atoms with E-state index in [2.05, 4.69) is 17.4 Å². The molecule has 5 nitrogen and oxygen atoms in total. The average molecular weight is 392 g/mol. The van der Waals surface area contributed by atoms with Gasteiger partial charge in [0.25, 0.3) is 0 Å². The number of carbonyl (C=O) groups is 3. The fourth-order valence-corrected chi connectivity index (χ4v) is 4.11. The number of esters is 1. The molecule has 0 fully saturated rings. The van der Waals surface area contributed by atoms with E-state index in [-0.39, 0.29) is 16.9 Å². The Labute approximate surface area is 165 Å². The fourth-order valence-electron chi connectivity index (χ4n) is 3.41. The van der Waals surface area contributed by atoms with Crippen molar-refractivity contribution in [2.24, 2.45) is 5.92 Å². The molecule has 1 heterocycles. The fraction of sp³-hybridized carbons (Fsp3) is 0.571. The molecule has 1 aromatic carbocycles. The lowest BCUT2D eigenvalue weighted by atomic mass is 9.93. The summed E-state index contributed by atoms with van der Waals surface area (Å²) in [5.74, 6) is -0.554. The number of rotatable bonds is 3. The van der Waals surface area contributed by atoms with E-state index in [1.165, 1.54) is 19.6 Å². The first-order chi connectivity index (χ1) is 13.0. The molecule has 0 aliphatic carbocycles. The van der Waals surface area contributed by atoms with Gasteiger partial charge in [0.05, 0.1) is 13.0 Å². The van der Waals surface area contributed by atoms with Gasteiger partial charge in [-0.15, -0.1) is 0 Å². The summed E-state index contributed by atoms with van der Waals surface area (Å²) >= 11 is 1.16. The molecule has 27 heavy (non-hydrogen) atoms. The molecular weight excluding hydrogens is 362 g/mol. The van der Waals surface area contributed by atoms with E-state index in [0.29, 0.717) is 18.6 Å². The van der Waals surface area contributed by atoms with Crippen molar-refractivity contribution >= 4 is 28.8 Å². The summed E-state index contributed by atoms with van der Waals surface area (Å²) in [6, 6.07) is 7.58. The highest BCUT2D eigenvalue weighted by atomic mass is 32.2. The Morgan fingerprint density at radius 1 is 1.15 bits per heavy atom. The Balaban J connectivity index is 2.25. The summed E-state index contributed by atoms with van der Waals surface area (Å²) in [6.45, 7) is 1.51. The van der Waals surface area contributed by atoms with Gasteiger partial charge in [0, 0.05) is 12.7 Å². The van der Waals surface area contributed by atoms with Crippen molar-refractivity contribution in [3.05, 3.63) is 35.4 Å². The van der Waals surface area contributed by atoms with Crippen LogP contribution in [0.5, 0.6) is 0 Å². The number of thioether (sulfide) groups is 1. The molecule has 0 spiro atoms. The van der Waals surface area contributed by atoms with E-state index in [4.69, 9.17) is 4.74 Å². The van der Waals surface area contributed by atoms with Gasteiger partial charge in [-0.2, -0.15) is 0 Å². The molecule has 1 N–H and O–H groups in total. The predicted molar refractivity (Wildman–Crippen MR) is 108 cm³/mol. The molecule has 2 rings (SSSR count). The van der Waals surface area contributed by atoms with Crippen LogP contribution < -0.4 is 5.32 Å². The van der Waals surface area contributed by atoms with Gasteiger partial charge in [-0.05, 0) is 36.8 Å². The smallest absolute Gasteiger partial charge is 0.328 e. The van der Waals surface area contributed by atoms with Gasteiger partial charge in [0.1, 0.15) is 6.04 Å². The Morgan fingerprint density at radius 3 is 2.56 bits per heavy atom. The molecule has 1 aliphatic heterocycles. The minimum absolute atomic E-state index is 0.0106. The maximum absolute atomic E-state index is 12.9. The third kappa shape index (κ3) is 7.01. The molecule has 1 aliphatic rings. The number of ether oxygens (including phenoxy) is 1. The lowest BCUT2D eigenvalue weighted by molar-refractivity contribution is -0.145. The molecule has 0 aromatic heterocycles. The number of aryl methyl sites for hydroxylation is 1. The second-order valence-electron chi connectivity index (χ2n) is 7.01. The minimum Gasteiger partial charge on any atom is -0.467 e. The predicted octanol–water partition coefficient (Wildman–Crippen LogP) is 3.29. The van der Waals surface area contributed by atoms with E-state index in [9.17, 15) is 14.4 Å². The maximum atomic E-state index is 12.9. The first kappa shape index (κ1) is 21.5. The van der Waals surface area contributed by atoms with Crippen molar-refractivity contribution in [1.82, 2.24) is 5.32 Å². The highest BCUT2D eigenvalue weighted by molar-refractivity contribution is 8.13. The maximum Gasteiger partial charge on any atom is 0.328 e. The van der Waals surface area contributed by atoms with Crippen LogP contribution in [0.4, 0.5) is 0 Å². The molecule has 0 bridgehead atoms. The molecule has 1 amide bonds. The van der Waals surface area contributed by atoms with Gasteiger partial charge < -0.3 is 10.1 Å². The zero-order chi connectivity index (χ0) is 19.6. The van der Waals surface area contributed by atoms with E-state index in [1.807, 2.05) is 12.1 Å². The number of carbonyl (C=O) groups excluding carboxylic acids is 3. The quantitative estimate of drug-likeness (QED) is 0.801. The standard InChI is InChI=1S/C21H29NO4S/c1-15(23)27-14-18-13-17-11-8-7-10-16(17)9-5-3-4-6-12-19(21(25)26-2)22-20(18)24/h7-8,10-11,18-19H,3-6,9,12-14H2,1-2H3,(H,22,24)/t18-,19-/m0/s1. The SMILES string of the molecule is COC(=O)[C@@H]1CCCCCCc2ccccc2C[C@@H](CSC(C)=O)C(=O)N1. The second kappa shape index (κ2) is 11.1. The Bertz CT molecular complexity index is 661. The lowest BCUT2D eigenvalue weighted by Gasteiger charge is -2.21. The molecule has 0 unspecified atom stereocenters. The highest BCUT2D eigenvalue weighted by Crippen LogP contribution is 2.22. The first-order valence-corrected chi connectivity index (χ1v) is 10.6. The van der Waals surface area contributed by atoms with Crippen molar-refractivity contribution in [3.8, 4) is 0 Å². The van der Waals surface area contributed by atoms with E-state index in [0.717, 1.165) is 49.4 Å². The topological polar surface area (TPSA) is 72.5 Å². The number of nitrogens with one attached hydrogen (secondary N) is 1. The van der Waals surface area contributed by atoms with Crippen LogP contribution in [0.1, 0.15) is 50.2 Å². The molecule has 0 saturated heterocycles. The monoisotopic (exact) mass is 391 g/mol. The number of hydrogen-bond donors (Lipinski definition) is 1. The van der Waals surface area contributed by atoms with Crippen molar-refractivity contribution in [3.63, 3.8) is 0 Å². The summed E-state index contributed by atoms with van der Waals surface area (Å²) < 4.78 is 4.86. The molecule has 1 aromatic rings. The van der Waals surface area contributed by atoms with E-state index in [1.54, 1.807) is 0 Å². The summed E-state index contributed by atoms with van der Waals surface area (Å²) in [5, 5.41) is 2.86. The summed E-state index contributed by atoms with van der Waals surface area (Å²) in [5.41, 5.74) is 2.42. The van der Waals surface area contributed by atoms with Gasteiger partial charge in [0.2, 0.25) is 5.91 Å². The Kier molecular flexibility index (Phi) is 8.85. The normalized spacial score (nSPS) is 21.6. The molecule has 148 valence electrons. The van der Waals surface area contributed by atoms with Crippen molar-refractivity contribution in [2.45, 2.75) is 57.9 Å². The van der Waals surface area contributed by atoms with Crippen LogP contribution in [0.25, 0.3) is 0 Å². The second-order valence-corrected chi connectivity index (χ2v) is 8.21. The third-order valence-corrected chi connectivity index (χ3v) is 5.91. The number of hydrogen-bond acceptors (Lipinski definition) is 5. The molecular formula is C21H29NO4S. The number of fused-ring (bicyclic) bond motifs is 1. The van der Waals surface area contributed by atoms with Crippen LogP contribution in [-0.2, 0) is 32.0 Å². The van der Waals surface area contributed by atoms with E-state index < -0.39 is 12.0 Å². The lowest BCUT2D eigenvalue weighted by Crippen LogP contribution is -2.45. The van der Waals surface area contributed by atoms with Crippen LogP contribution in [-0.4, -0.2) is 35.9 Å². The number of amides is 1. The van der Waals surface area contributed by atoms with Gasteiger partial charge in [-0.1, -0.05) is 55.3 Å². The van der Waals surface area contributed by atoms with Crippen molar-refractivity contribution < 1.29 is 19.1 Å². The number of benzene rings is 1. The van der Waals surface area contributed by atoms with Crippen molar-refractivity contribution in [1.29, 1.82) is 0 Å². The van der Waals surface area contributed by atoms with Gasteiger partial charge in [-0.3, -0.25) is 9.59 Å². The van der Waals surface area contributed by atoms with Crippen LogP contribution in [0.2, 0.25) is 0 Å². The first-order valence-electron chi connectivity index (χ1n) is 9.59. The van der Waals surface area contributed by atoms with Gasteiger partial charge in [-0.25, -0.2) is 4.79 Å². The molecule has 0 radical (unpaired) electrons. The third-order valence-electron chi connectivity index (χ3n) is 4.93. The zero-order valence-corrected chi connectivity index (χ0v) is 17.0. The average Bonchev–Trinajstić information content (AvgIpc) is 2.67. The molecule has 0 saturated carbocycles. The Hall–Kier alpha value is -1.82. The van der Waals surface area contributed by atoms with Crippen LogP contribution >= 0.6 is 11.8 Å². The summed E-state index contributed by atoms with van der Waals surface area (Å²) in [4.78, 5) is 36.4. The van der Waals surface area contributed by atoms with Crippen LogP contribution in [0.15, 0.2) is 24.3 Å². The molecule has 2 atom stereocenters. The van der Waals surface area contributed by atoms with Crippen molar-refractivity contribution in [2.75, 3.05) is 12.9 Å². The zero-order valence-electron chi connectivity index (χ0n) is 16.2. The number of methoxy groups -OCH3 is 1. The Morgan fingerprint density at radius 2 is 1.85 bits per heavy atom. The summed E-state index contributed by atoms with van der Waals surface area (Å²) in [7, 11) is 1.34. The van der Waals surface area contributed by atoms with Gasteiger partial charge >= 0.3 is 5.97 Å². The summed E-state index contributed by atoms with van der Waals surface area (Å²) in [6.07, 6.45) is 6.22.